The van der Waals surface area contributed by atoms with Crippen molar-refractivity contribution in [2.24, 2.45) is 0 Å². The Morgan fingerprint density at radius 3 is 2.67 bits per heavy atom. The van der Waals surface area contributed by atoms with Crippen LogP contribution in [0.2, 0.25) is 0 Å². The summed E-state index contributed by atoms with van der Waals surface area (Å²) in [7, 11) is 0. The van der Waals surface area contributed by atoms with Gasteiger partial charge in [-0.3, -0.25) is 14.6 Å². The lowest BCUT2D eigenvalue weighted by Crippen LogP contribution is -2.31. The van der Waals surface area contributed by atoms with Crippen molar-refractivity contribution in [1.82, 2.24) is 15.6 Å². The molecule has 1 saturated carbocycles. The average molecular weight is 247 g/mol. The zero-order chi connectivity index (χ0) is 13.1. The van der Waals surface area contributed by atoms with Crippen LogP contribution in [-0.4, -0.2) is 28.9 Å². The molecular formula is C13H17N3O2. The number of hydrogen-bond donors (Lipinski definition) is 2. The number of carbonyl (C=O) groups is 2. The van der Waals surface area contributed by atoms with Gasteiger partial charge in [-0.05, 0) is 38.8 Å². The molecule has 0 radical (unpaired) electrons. The van der Waals surface area contributed by atoms with E-state index in [-0.39, 0.29) is 23.9 Å². The Hall–Kier alpha value is -1.91. The summed E-state index contributed by atoms with van der Waals surface area (Å²) in [5.41, 5.74) is 0.748. The number of amides is 2. The third-order valence-corrected chi connectivity index (χ3v) is 2.59. The van der Waals surface area contributed by atoms with Gasteiger partial charge in [-0.15, -0.1) is 0 Å². The maximum atomic E-state index is 11.8. The molecule has 1 aromatic heterocycles. The zero-order valence-corrected chi connectivity index (χ0v) is 10.6. The van der Waals surface area contributed by atoms with Gasteiger partial charge in [0, 0.05) is 23.8 Å². The molecule has 2 N–H and O–H groups in total. The summed E-state index contributed by atoms with van der Waals surface area (Å²) < 4.78 is 0. The van der Waals surface area contributed by atoms with E-state index in [2.05, 4.69) is 15.6 Å². The van der Waals surface area contributed by atoms with Crippen molar-refractivity contribution in [3.05, 3.63) is 29.6 Å². The third kappa shape index (κ3) is 3.29. The average Bonchev–Trinajstić information content (AvgIpc) is 3.12. The normalized spacial score (nSPS) is 14.4. The summed E-state index contributed by atoms with van der Waals surface area (Å²) in [4.78, 5) is 27.6. The summed E-state index contributed by atoms with van der Waals surface area (Å²) in [6.07, 6.45) is 3.54. The van der Waals surface area contributed by atoms with Gasteiger partial charge in [0.25, 0.3) is 11.8 Å². The molecule has 0 spiro atoms. The maximum Gasteiger partial charge on any atom is 0.270 e. The second kappa shape index (κ2) is 5.16. The van der Waals surface area contributed by atoms with Crippen LogP contribution in [0.1, 0.15) is 47.5 Å². The molecule has 2 rings (SSSR count). The highest BCUT2D eigenvalue weighted by atomic mass is 16.2. The monoisotopic (exact) mass is 247 g/mol. The van der Waals surface area contributed by atoms with Gasteiger partial charge >= 0.3 is 0 Å². The van der Waals surface area contributed by atoms with E-state index in [0.29, 0.717) is 11.3 Å². The first-order valence-electron chi connectivity index (χ1n) is 6.14. The number of pyridine rings is 1. The van der Waals surface area contributed by atoms with Crippen LogP contribution in [0.25, 0.3) is 0 Å². The Morgan fingerprint density at radius 2 is 2.06 bits per heavy atom. The number of aromatic nitrogens is 1. The second-order valence-electron chi connectivity index (χ2n) is 4.81. The SMILES string of the molecule is CC(C)NC(=O)c1ccnc(C(=O)NC2CC2)c1. The number of nitrogens with one attached hydrogen (secondary N) is 2. The molecule has 1 aliphatic rings. The highest BCUT2D eigenvalue weighted by Crippen LogP contribution is 2.19. The van der Waals surface area contributed by atoms with Crippen LogP contribution < -0.4 is 10.6 Å². The Kier molecular flexibility index (Phi) is 3.60. The predicted molar refractivity (Wildman–Crippen MR) is 67.3 cm³/mol. The van der Waals surface area contributed by atoms with Gasteiger partial charge in [0.05, 0.1) is 0 Å². The topological polar surface area (TPSA) is 71.1 Å². The summed E-state index contributed by atoms with van der Waals surface area (Å²) in [5.74, 6) is -0.399. The van der Waals surface area contributed by atoms with Crippen molar-refractivity contribution in [3.8, 4) is 0 Å². The minimum Gasteiger partial charge on any atom is -0.350 e. The van der Waals surface area contributed by atoms with E-state index in [9.17, 15) is 9.59 Å². The van der Waals surface area contributed by atoms with Gasteiger partial charge in [-0.1, -0.05) is 0 Å². The van der Waals surface area contributed by atoms with E-state index in [1.807, 2.05) is 13.8 Å². The third-order valence-electron chi connectivity index (χ3n) is 2.59. The Morgan fingerprint density at radius 1 is 1.33 bits per heavy atom. The smallest absolute Gasteiger partial charge is 0.270 e. The molecule has 5 heteroatoms. The van der Waals surface area contributed by atoms with Gasteiger partial charge in [0.2, 0.25) is 0 Å². The molecule has 1 fully saturated rings. The molecule has 1 aliphatic carbocycles. The van der Waals surface area contributed by atoms with Crippen LogP contribution >= 0.6 is 0 Å². The Bertz CT molecular complexity index is 436. The summed E-state index contributed by atoms with van der Waals surface area (Å²) in [6, 6.07) is 3.47. The van der Waals surface area contributed by atoms with Crippen molar-refractivity contribution in [1.29, 1.82) is 0 Å². The van der Waals surface area contributed by atoms with Crippen LogP contribution in [0.15, 0.2) is 18.3 Å². The molecule has 0 atom stereocenters. The second-order valence-corrected chi connectivity index (χ2v) is 4.81. The van der Waals surface area contributed by atoms with Crippen LogP contribution in [0.5, 0.6) is 0 Å². The molecular weight excluding hydrogens is 230 g/mol. The van der Waals surface area contributed by atoms with Crippen molar-refractivity contribution in [2.75, 3.05) is 0 Å². The van der Waals surface area contributed by atoms with Crippen molar-refractivity contribution < 1.29 is 9.59 Å². The van der Waals surface area contributed by atoms with Gasteiger partial charge in [-0.25, -0.2) is 0 Å². The fraction of sp³-hybridized carbons (Fsp3) is 0.462. The maximum absolute atomic E-state index is 11.8. The Balaban J connectivity index is 2.08. The molecule has 0 bridgehead atoms. The van der Waals surface area contributed by atoms with Crippen LogP contribution in [-0.2, 0) is 0 Å². The summed E-state index contributed by atoms with van der Waals surface area (Å²) in [6.45, 7) is 3.78. The first-order valence-corrected chi connectivity index (χ1v) is 6.14. The molecule has 2 amide bonds. The number of rotatable bonds is 4. The molecule has 18 heavy (non-hydrogen) atoms. The van der Waals surface area contributed by atoms with E-state index in [4.69, 9.17) is 0 Å². The molecule has 0 unspecified atom stereocenters. The lowest BCUT2D eigenvalue weighted by molar-refractivity contribution is 0.0943. The van der Waals surface area contributed by atoms with Gasteiger partial charge in [0.1, 0.15) is 5.69 Å². The molecule has 1 heterocycles. The quantitative estimate of drug-likeness (QED) is 0.837. The van der Waals surface area contributed by atoms with Gasteiger partial charge < -0.3 is 10.6 Å². The minimum absolute atomic E-state index is 0.0643. The van der Waals surface area contributed by atoms with E-state index in [1.165, 1.54) is 12.3 Å². The molecule has 5 nitrogen and oxygen atoms in total. The highest BCUT2D eigenvalue weighted by Gasteiger charge is 2.24. The number of carbonyl (C=O) groups excluding carboxylic acids is 2. The molecule has 96 valence electrons. The zero-order valence-electron chi connectivity index (χ0n) is 10.6. The predicted octanol–water partition coefficient (Wildman–Crippen LogP) is 1.11. The van der Waals surface area contributed by atoms with E-state index in [0.717, 1.165) is 12.8 Å². The Labute approximate surface area is 106 Å². The molecule has 0 aliphatic heterocycles. The molecule has 0 saturated heterocycles. The van der Waals surface area contributed by atoms with E-state index in [1.54, 1.807) is 6.07 Å². The van der Waals surface area contributed by atoms with Crippen molar-refractivity contribution in [2.45, 2.75) is 38.8 Å². The summed E-state index contributed by atoms with van der Waals surface area (Å²) >= 11 is 0. The van der Waals surface area contributed by atoms with Crippen LogP contribution in [0.4, 0.5) is 0 Å². The number of nitrogens with zero attached hydrogens (tertiary/aromatic N) is 1. The van der Waals surface area contributed by atoms with Crippen molar-refractivity contribution >= 4 is 11.8 Å². The first kappa shape index (κ1) is 12.5. The fourth-order valence-corrected chi connectivity index (χ4v) is 1.53. The molecule has 1 aromatic rings. The first-order chi connectivity index (χ1) is 8.56. The van der Waals surface area contributed by atoms with Crippen molar-refractivity contribution in [3.63, 3.8) is 0 Å². The lowest BCUT2D eigenvalue weighted by atomic mass is 10.2. The van der Waals surface area contributed by atoms with Gasteiger partial charge in [0.15, 0.2) is 0 Å². The summed E-state index contributed by atoms with van der Waals surface area (Å²) in [5, 5.41) is 5.62. The van der Waals surface area contributed by atoms with E-state index >= 15 is 0 Å². The standard InChI is InChI=1S/C13H17N3O2/c1-8(2)15-12(17)9-5-6-14-11(7-9)13(18)16-10-3-4-10/h5-8,10H,3-4H2,1-2H3,(H,15,17)(H,16,18). The number of hydrogen-bond acceptors (Lipinski definition) is 3. The minimum atomic E-state index is -0.211. The van der Waals surface area contributed by atoms with Crippen LogP contribution in [0, 0.1) is 0 Å². The van der Waals surface area contributed by atoms with E-state index < -0.39 is 0 Å². The fourth-order valence-electron chi connectivity index (χ4n) is 1.53. The molecule has 0 aromatic carbocycles. The highest BCUT2D eigenvalue weighted by molar-refractivity contribution is 5.98. The van der Waals surface area contributed by atoms with Gasteiger partial charge in [-0.2, -0.15) is 0 Å². The lowest BCUT2D eigenvalue weighted by Gasteiger charge is -2.09. The van der Waals surface area contributed by atoms with Crippen LogP contribution in [0.3, 0.4) is 0 Å². The largest absolute Gasteiger partial charge is 0.350 e.